The van der Waals surface area contributed by atoms with Gasteiger partial charge in [-0.15, -0.1) is 22.7 Å². The first kappa shape index (κ1) is 48.8. The molecule has 3 atom stereocenters. The van der Waals surface area contributed by atoms with Gasteiger partial charge in [0.05, 0.1) is 60.1 Å². The summed E-state index contributed by atoms with van der Waals surface area (Å²) in [6.07, 6.45) is -0.785. The van der Waals surface area contributed by atoms with Crippen molar-refractivity contribution >= 4 is 50.5 Å². The maximum atomic E-state index is 13.9. The standard InChI is InChI=1S/C50H56N4O11S2/c1-31-45(66-30-52-31)33-7-5-32(6-8-33)27-51-48(59)41-25-37(57)28-54(41)49(60)47(50(2,3)4)53-43(58)29-63-22-21-61-19-20-62-23-24-64-38-14-16-39(17-15-38)65-44-40-18-13-36(56)26-42(40)67-46(44)34-9-11-35(55)12-10-34/h5-18,26,30,37,41,47,55-57H,19-25,27-29H2,1-4H3,(H,51,59)(H,53,58)/t37-,41+,47?/m1/s1. The molecule has 1 aliphatic heterocycles. The lowest BCUT2D eigenvalue weighted by atomic mass is 9.85. The minimum absolute atomic E-state index is 0.0221. The second-order valence-electron chi connectivity index (χ2n) is 17.1. The molecular formula is C50H56N4O11S2. The number of carbonyl (C=O) groups excluding carboxylic acids is 3. The van der Waals surface area contributed by atoms with Crippen LogP contribution in [0.15, 0.2) is 96.5 Å². The SMILES string of the molecule is Cc1ncsc1-c1ccc(CNC(=O)[C@@H]2C[C@@H](O)CN2C(=O)C(NC(=O)COCCOCCOCCOc2ccc(Oc3c(-c4ccc(O)cc4)sc4cc(O)ccc34)cc2)C(C)(C)C)cc1. The van der Waals surface area contributed by atoms with Crippen molar-refractivity contribution < 1.29 is 53.4 Å². The van der Waals surface area contributed by atoms with Crippen LogP contribution in [0.4, 0.5) is 0 Å². The molecule has 0 bridgehead atoms. The van der Waals surface area contributed by atoms with Crippen LogP contribution in [0.5, 0.6) is 28.7 Å². The van der Waals surface area contributed by atoms with Gasteiger partial charge in [-0.25, -0.2) is 4.98 Å². The number of thiazole rings is 1. The zero-order chi connectivity index (χ0) is 47.5. The van der Waals surface area contributed by atoms with Gasteiger partial charge in [-0.05, 0) is 95.8 Å². The zero-order valence-corrected chi connectivity index (χ0v) is 39.5. The van der Waals surface area contributed by atoms with E-state index in [1.807, 2.05) is 99.9 Å². The number of rotatable bonds is 21. The third-order valence-electron chi connectivity index (χ3n) is 11.0. The van der Waals surface area contributed by atoms with Crippen molar-refractivity contribution in [1.29, 1.82) is 0 Å². The van der Waals surface area contributed by atoms with E-state index < -0.39 is 35.4 Å². The Bertz CT molecular complexity index is 2590. The van der Waals surface area contributed by atoms with Crippen molar-refractivity contribution in [3.8, 4) is 49.6 Å². The molecule has 7 rings (SSSR count). The van der Waals surface area contributed by atoms with Crippen LogP contribution in [-0.4, -0.2) is 114 Å². The van der Waals surface area contributed by atoms with E-state index in [4.69, 9.17) is 23.7 Å². The summed E-state index contributed by atoms with van der Waals surface area (Å²) in [6.45, 7) is 9.02. The average molecular weight is 953 g/mol. The Hall–Kier alpha value is -6.08. The van der Waals surface area contributed by atoms with Crippen LogP contribution in [-0.2, 0) is 35.1 Å². The number of aryl methyl sites for hydroxylation is 1. The Kier molecular flexibility index (Phi) is 16.5. The number of aromatic hydroxyl groups is 2. The molecule has 0 aliphatic carbocycles. The predicted molar refractivity (Wildman–Crippen MR) is 257 cm³/mol. The Morgan fingerprint density at radius 2 is 1.43 bits per heavy atom. The van der Waals surface area contributed by atoms with Crippen LogP contribution in [0.2, 0.25) is 0 Å². The number of carbonyl (C=O) groups is 3. The number of aliphatic hydroxyl groups is 1. The van der Waals surface area contributed by atoms with Crippen LogP contribution < -0.4 is 20.1 Å². The Balaban J connectivity index is 0.771. The number of aliphatic hydroxyl groups excluding tert-OH is 1. The molecule has 0 saturated carbocycles. The van der Waals surface area contributed by atoms with E-state index in [9.17, 15) is 29.7 Å². The average Bonchev–Trinajstić information content (AvgIpc) is 4.03. The second-order valence-corrected chi connectivity index (χ2v) is 19.0. The van der Waals surface area contributed by atoms with Crippen LogP contribution in [0.1, 0.15) is 38.4 Å². The van der Waals surface area contributed by atoms with Crippen LogP contribution in [0, 0.1) is 12.3 Å². The first-order chi connectivity index (χ1) is 32.2. The van der Waals surface area contributed by atoms with Gasteiger partial charge in [-0.3, -0.25) is 14.4 Å². The van der Waals surface area contributed by atoms with Gasteiger partial charge in [0.2, 0.25) is 17.7 Å². The maximum absolute atomic E-state index is 13.9. The molecule has 3 amide bonds. The molecule has 17 heteroatoms. The topological polar surface area (TPSA) is 198 Å². The molecule has 354 valence electrons. The smallest absolute Gasteiger partial charge is 0.246 e. The first-order valence-corrected chi connectivity index (χ1v) is 23.7. The number of nitrogens with one attached hydrogen (secondary N) is 2. The number of hydrogen-bond acceptors (Lipinski definition) is 14. The number of ether oxygens (including phenoxy) is 5. The molecule has 0 spiro atoms. The molecule has 5 N–H and O–H groups in total. The van der Waals surface area contributed by atoms with Crippen LogP contribution in [0.3, 0.4) is 0 Å². The molecule has 0 radical (unpaired) electrons. The van der Waals surface area contributed by atoms with Crippen molar-refractivity contribution in [3.63, 3.8) is 0 Å². The lowest BCUT2D eigenvalue weighted by Gasteiger charge is -2.35. The molecule has 1 unspecified atom stereocenters. The monoisotopic (exact) mass is 952 g/mol. The predicted octanol–water partition coefficient (Wildman–Crippen LogP) is 7.44. The highest BCUT2D eigenvalue weighted by Gasteiger charge is 2.44. The van der Waals surface area contributed by atoms with Gasteiger partial charge >= 0.3 is 0 Å². The highest BCUT2D eigenvalue weighted by Crippen LogP contribution is 2.47. The van der Waals surface area contributed by atoms with Crippen molar-refractivity contribution in [3.05, 3.63) is 108 Å². The fourth-order valence-corrected chi connectivity index (χ4v) is 9.47. The van der Waals surface area contributed by atoms with Gasteiger partial charge < -0.3 is 54.5 Å². The minimum Gasteiger partial charge on any atom is -0.508 e. The highest BCUT2D eigenvalue weighted by atomic mass is 32.1. The number of β-amino-alcohol motifs (C(OH)–C–C–N with tert-alkyl or cyclic N) is 1. The fourth-order valence-electron chi connectivity index (χ4n) is 7.49. The largest absolute Gasteiger partial charge is 0.508 e. The number of fused-ring (bicyclic) bond motifs is 1. The number of amides is 3. The summed E-state index contributed by atoms with van der Waals surface area (Å²) < 4.78 is 29.8. The Morgan fingerprint density at radius 3 is 2.10 bits per heavy atom. The summed E-state index contributed by atoms with van der Waals surface area (Å²) in [4.78, 5) is 47.9. The number of phenolic OH excluding ortho intramolecular Hbond substituents is 2. The van der Waals surface area contributed by atoms with Gasteiger partial charge in [0.15, 0.2) is 5.75 Å². The van der Waals surface area contributed by atoms with E-state index in [-0.39, 0.29) is 56.7 Å². The minimum atomic E-state index is -0.973. The molecule has 1 saturated heterocycles. The molecule has 15 nitrogen and oxygen atoms in total. The van der Waals surface area contributed by atoms with E-state index in [1.165, 1.54) is 16.2 Å². The molecule has 6 aromatic rings. The zero-order valence-electron chi connectivity index (χ0n) is 37.9. The fraction of sp³-hybridized carbons (Fsp3) is 0.360. The summed E-state index contributed by atoms with van der Waals surface area (Å²) in [5.41, 5.74) is 4.88. The van der Waals surface area contributed by atoms with Gasteiger partial charge in [0, 0.05) is 29.6 Å². The summed E-state index contributed by atoms with van der Waals surface area (Å²) >= 11 is 3.06. The van der Waals surface area contributed by atoms with E-state index >= 15 is 0 Å². The number of hydrogen-bond donors (Lipinski definition) is 5. The molecule has 2 aromatic heterocycles. The number of aromatic nitrogens is 1. The number of thiophene rings is 1. The van der Waals surface area contributed by atoms with Gasteiger partial charge in [-0.2, -0.15) is 0 Å². The highest BCUT2D eigenvalue weighted by molar-refractivity contribution is 7.22. The Labute approximate surface area is 397 Å². The third-order valence-corrected chi connectivity index (χ3v) is 13.1. The van der Waals surface area contributed by atoms with Gasteiger partial charge in [0.25, 0.3) is 0 Å². The molecule has 67 heavy (non-hydrogen) atoms. The lowest BCUT2D eigenvalue weighted by molar-refractivity contribution is -0.144. The van der Waals surface area contributed by atoms with E-state index in [2.05, 4.69) is 15.6 Å². The number of phenols is 2. The quantitative estimate of drug-likeness (QED) is 0.0448. The van der Waals surface area contributed by atoms with Crippen molar-refractivity contribution in [2.24, 2.45) is 5.41 Å². The summed E-state index contributed by atoms with van der Waals surface area (Å²) in [6, 6.07) is 25.3. The van der Waals surface area contributed by atoms with Gasteiger partial charge in [0.1, 0.15) is 48.3 Å². The van der Waals surface area contributed by atoms with Gasteiger partial charge in [-0.1, -0.05) is 45.0 Å². The number of nitrogens with zero attached hydrogens (tertiary/aromatic N) is 2. The lowest BCUT2D eigenvalue weighted by Crippen LogP contribution is -2.58. The van der Waals surface area contributed by atoms with Crippen molar-refractivity contribution in [2.75, 3.05) is 52.8 Å². The summed E-state index contributed by atoms with van der Waals surface area (Å²) in [5.74, 6) is 0.920. The number of benzene rings is 4. The third kappa shape index (κ3) is 13.1. The molecule has 3 heterocycles. The summed E-state index contributed by atoms with van der Waals surface area (Å²) in [7, 11) is 0. The number of likely N-dealkylation sites (tertiary alicyclic amines) is 1. The Morgan fingerprint density at radius 1 is 0.806 bits per heavy atom. The molecule has 1 fully saturated rings. The first-order valence-electron chi connectivity index (χ1n) is 22.0. The normalized spacial score (nSPS) is 15.4. The van der Waals surface area contributed by atoms with E-state index in [1.54, 1.807) is 35.6 Å². The van der Waals surface area contributed by atoms with E-state index in [0.29, 0.717) is 43.7 Å². The van der Waals surface area contributed by atoms with Crippen LogP contribution in [0.25, 0.3) is 31.0 Å². The summed E-state index contributed by atoms with van der Waals surface area (Å²) in [5, 5.41) is 36.9. The van der Waals surface area contributed by atoms with Crippen molar-refractivity contribution in [2.45, 2.75) is 58.8 Å². The second kappa shape index (κ2) is 22.6. The van der Waals surface area contributed by atoms with Crippen LogP contribution >= 0.6 is 22.7 Å². The molecular weight excluding hydrogens is 897 g/mol. The maximum Gasteiger partial charge on any atom is 0.246 e. The molecule has 1 aliphatic rings. The van der Waals surface area contributed by atoms with E-state index in [0.717, 1.165) is 42.2 Å². The molecule has 4 aromatic carbocycles. The van der Waals surface area contributed by atoms with Crippen molar-refractivity contribution in [1.82, 2.24) is 20.5 Å².